The number of benzene rings is 1. The summed E-state index contributed by atoms with van der Waals surface area (Å²) in [5.74, 6) is 0.234. The van der Waals surface area contributed by atoms with Gasteiger partial charge >= 0.3 is 5.97 Å². The lowest BCUT2D eigenvalue weighted by molar-refractivity contribution is -0.139. The van der Waals surface area contributed by atoms with Crippen molar-refractivity contribution < 1.29 is 14.1 Å². The molecule has 3 rings (SSSR count). The van der Waals surface area contributed by atoms with Crippen LogP contribution in [-0.4, -0.2) is 25.9 Å². The molecule has 7 nitrogen and oxygen atoms in total. The van der Waals surface area contributed by atoms with Crippen molar-refractivity contribution >= 4 is 46.8 Å². The number of carbonyl (C=O) groups excluding carboxylic acids is 1. The normalized spacial score (nSPS) is 11.3. The van der Waals surface area contributed by atoms with Crippen LogP contribution in [0.2, 0.25) is 15.2 Å². The van der Waals surface area contributed by atoms with Crippen molar-refractivity contribution in [3.05, 3.63) is 68.0 Å². The first-order valence-corrected chi connectivity index (χ1v) is 9.84. The molecule has 0 atom stereocenters. The quantitative estimate of drug-likeness (QED) is 0.372. The summed E-state index contributed by atoms with van der Waals surface area (Å²) < 4.78 is 11.7. The molecule has 29 heavy (non-hydrogen) atoms. The van der Waals surface area contributed by atoms with Crippen LogP contribution in [-0.2, 0) is 29.1 Å². The van der Waals surface area contributed by atoms with Gasteiger partial charge in [-0.25, -0.2) is 9.48 Å². The number of aryl methyl sites for hydroxylation is 2. The highest BCUT2D eigenvalue weighted by Crippen LogP contribution is 2.26. The van der Waals surface area contributed by atoms with Crippen LogP contribution in [0.1, 0.15) is 35.5 Å². The van der Waals surface area contributed by atoms with Crippen molar-refractivity contribution in [1.82, 2.24) is 19.9 Å². The van der Waals surface area contributed by atoms with E-state index in [4.69, 9.17) is 44.1 Å². The van der Waals surface area contributed by atoms with Crippen molar-refractivity contribution in [2.75, 3.05) is 0 Å². The second-order valence-corrected chi connectivity index (χ2v) is 7.28. The van der Waals surface area contributed by atoms with E-state index in [1.807, 2.05) is 13.0 Å². The molecule has 2 aromatic heterocycles. The molecule has 0 saturated heterocycles. The van der Waals surface area contributed by atoms with E-state index in [0.717, 1.165) is 5.56 Å². The minimum absolute atomic E-state index is 0.1000. The van der Waals surface area contributed by atoms with E-state index in [1.54, 1.807) is 29.8 Å². The Morgan fingerprint density at radius 3 is 2.79 bits per heavy atom. The predicted molar refractivity (Wildman–Crippen MR) is 110 cm³/mol. The maximum atomic E-state index is 12.0. The van der Waals surface area contributed by atoms with E-state index in [9.17, 15) is 4.79 Å². The molecule has 1 aromatic carbocycles. The highest BCUT2D eigenvalue weighted by molar-refractivity contribution is 6.35. The van der Waals surface area contributed by atoms with Crippen LogP contribution in [0.25, 0.3) is 6.08 Å². The van der Waals surface area contributed by atoms with Crippen molar-refractivity contribution in [3.63, 3.8) is 0 Å². The molecule has 0 saturated carbocycles. The Hall–Kier alpha value is -2.35. The van der Waals surface area contributed by atoms with Crippen molar-refractivity contribution in [3.8, 4) is 0 Å². The van der Waals surface area contributed by atoms with Crippen LogP contribution in [0.4, 0.5) is 0 Å². The number of hydrogen-bond acceptors (Lipinski definition) is 6. The largest absolute Gasteiger partial charge is 0.452 e. The molecule has 0 N–H and O–H groups in total. The van der Waals surface area contributed by atoms with Crippen molar-refractivity contribution in [2.24, 2.45) is 0 Å². The first-order valence-electron chi connectivity index (χ1n) is 8.70. The zero-order chi connectivity index (χ0) is 21.0. The Bertz CT molecular complexity index is 1060. The van der Waals surface area contributed by atoms with Gasteiger partial charge in [-0.3, -0.25) is 0 Å². The molecule has 0 aliphatic rings. The lowest BCUT2D eigenvalue weighted by Crippen LogP contribution is -2.02. The zero-order valence-corrected chi connectivity index (χ0v) is 17.9. The molecule has 0 spiro atoms. The van der Waals surface area contributed by atoms with Gasteiger partial charge in [-0.05, 0) is 30.7 Å². The second-order valence-electron chi connectivity index (χ2n) is 6.08. The summed E-state index contributed by atoms with van der Waals surface area (Å²) in [6, 6.07) is 5.22. The molecule has 0 aliphatic carbocycles. The van der Waals surface area contributed by atoms with Crippen molar-refractivity contribution in [2.45, 2.75) is 33.4 Å². The molecule has 0 unspecified atom stereocenters. The molecule has 0 aliphatic heterocycles. The van der Waals surface area contributed by atoms with Gasteiger partial charge in [-0.1, -0.05) is 52.9 Å². The van der Waals surface area contributed by atoms with Gasteiger partial charge in [0.1, 0.15) is 5.15 Å². The fourth-order valence-corrected chi connectivity index (χ4v) is 3.26. The monoisotopic (exact) mass is 454 g/mol. The van der Waals surface area contributed by atoms with E-state index < -0.39 is 5.97 Å². The van der Waals surface area contributed by atoms with Crippen LogP contribution in [0, 0.1) is 6.92 Å². The van der Waals surface area contributed by atoms with Gasteiger partial charge in [0.05, 0.1) is 12.2 Å². The van der Waals surface area contributed by atoms with Gasteiger partial charge in [-0.2, -0.15) is 10.1 Å². The SMILES string of the molecule is CCc1noc(COC(=O)/C=C/c2c(C)nn(Cc3ccc(Cl)cc3Cl)c2Cl)n1. The third kappa shape index (κ3) is 5.38. The molecule has 0 amide bonds. The maximum absolute atomic E-state index is 12.0. The smallest absolute Gasteiger partial charge is 0.331 e. The average molecular weight is 456 g/mol. The number of halogens is 3. The molecular weight excluding hydrogens is 439 g/mol. The Labute approximate surface area is 182 Å². The van der Waals surface area contributed by atoms with Gasteiger partial charge in [0.2, 0.25) is 0 Å². The number of nitrogens with zero attached hydrogens (tertiary/aromatic N) is 4. The van der Waals surface area contributed by atoms with Crippen molar-refractivity contribution in [1.29, 1.82) is 0 Å². The summed E-state index contributed by atoms with van der Waals surface area (Å²) in [4.78, 5) is 16.0. The van der Waals surface area contributed by atoms with Crippen LogP contribution in [0.5, 0.6) is 0 Å². The fraction of sp³-hybridized carbons (Fsp3) is 0.263. The molecule has 152 valence electrons. The Balaban J connectivity index is 1.66. The highest BCUT2D eigenvalue weighted by Gasteiger charge is 2.14. The van der Waals surface area contributed by atoms with Gasteiger partial charge in [0.15, 0.2) is 12.4 Å². The van der Waals surface area contributed by atoms with Crippen LogP contribution >= 0.6 is 34.8 Å². The summed E-state index contributed by atoms with van der Waals surface area (Å²) in [5, 5.41) is 9.60. The molecule has 3 aromatic rings. The summed E-state index contributed by atoms with van der Waals surface area (Å²) >= 11 is 18.6. The van der Waals surface area contributed by atoms with E-state index in [0.29, 0.717) is 45.2 Å². The molecule has 2 heterocycles. The Morgan fingerprint density at radius 1 is 1.31 bits per heavy atom. The van der Waals surface area contributed by atoms with Gasteiger partial charge in [0, 0.05) is 28.1 Å². The van der Waals surface area contributed by atoms with E-state index >= 15 is 0 Å². The second kappa shape index (κ2) is 9.43. The van der Waals surface area contributed by atoms with Gasteiger partial charge < -0.3 is 9.26 Å². The number of aromatic nitrogens is 4. The number of rotatable bonds is 7. The number of ether oxygens (including phenoxy) is 1. The first-order chi connectivity index (χ1) is 13.9. The third-order valence-electron chi connectivity index (χ3n) is 3.99. The minimum atomic E-state index is -0.565. The summed E-state index contributed by atoms with van der Waals surface area (Å²) in [6.45, 7) is 3.96. The third-order valence-corrected chi connectivity index (χ3v) is 4.98. The zero-order valence-electron chi connectivity index (χ0n) is 15.7. The Kier molecular flexibility index (Phi) is 6.95. The fourth-order valence-electron chi connectivity index (χ4n) is 2.50. The molecule has 10 heteroatoms. The van der Waals surface area contributed by atoms with E-state index in [2.05, 4.69) is 15.2 Å². The number of carbonyl (C=O) groups is 1. The summed E-state index contributed by atoms with van der Waals surface area (Å²) in [5.41, 5.74) is 2.09. The highest BCUT2D eigenvalue weighted by atomic mass is 35.5. The number of hydrogen-bond donors (Lipinski definition) is 0. The first kappa shape index (κ1) is 21.4. The number of esters is 1. The van der Waals surface area contributed by atoms with Gasteiger partial charge in [0.25, 0.3) is 5.89 Å². The van der Waals surface area contributed by atoms with E-state index in [1.165, 1.54) is 6.08 Å². The van der Waals surface area contributed by atoms with Crippen LogP contribution in [0.15, 0.2) is 28.8 Å². The predicted octanol–water partition coefficient (Wildman–Crippen LogP) is 4.90. The maximum Gasteiger partial charge on any atom is 0.331 e. The van der Waals surface area contributed by atoms with Crippen LogP contribution in [0.3, 0.4) is 0 Å². The summed E-state index contributed by atoms with van der Waals surface area (Å²) in [6.07, 6.45) is 3.46. The molecule has 0 radical (unpaired) electrons. The Morgan fingerprint density at radius 2 is 2.10 bits per heavy atom. The topological polar surface area (TPSA) is 83.0 Å². The molecule has 0 bridgehead atoms. The lowest BCUT2D eigenvalue weighted by Gasteiger charge is -2.06. The van der Waals surface area contributed by atoms with Gasteiger partial charge in [-0.15, -0.1) is 0 Å². The molecular formula is C19H17Cl3N4O3. The lowest BCUT2D eigenvalue weighted by atomic mass is 10.2. The van der Waals surface area contributed by atoms with Crippen LogP contribution < -0.4 is 0 Å². The minimum Gasteiger partial charge on any atom is -0.452 e. The standard InChI is InChI=1S/C19H17Cl3N4O3/c1-3-16-23-17(29-25-16)10-28-18(27)7-6-14-11(2)24-26(19(14)22)9-12-4-5-13(20)8-15(12)21/h4-8H,3,9-10H2,1-2H3/b7-6+. The van der Waals surface area contributed by atoms with E-state index in [-0.39, 0.29) is 12.5 Å². The molecule has 0 fully saturated rings. The average Bonchev–Trinajstić information content (AvgIpc) is 3.25. The summed E-state index contributed by atoms with van der Waals surface area (Å²) in [7, 11) is 0.